The van der Waals surface area contributed by atoms with Gasteiger partial charge in [-0.3, -0.25) is 4.79 Å². The van der Waals surface area contributed by atoms with E-state index in [4.69, 9.17) is 18.9 Å². The van der Waals surface area contributed by atoms with Gasteiger partial charge in [0.05, 0.1) is 12.6 Å². The second kappa shape index (κ2) is 8.38. The minimum atomic E-state index is -1.09. The fourth-order valence-electron chi connectivity index (χ4n) is 3.57. The minimum absolute atomic E-state index is 0.258. The van der Waals surface area contributed by atoms with E-state index in [0.29, 0.717) is 5.56 Å². The number of fused-ring (bicyclic) bond motifs is 1. The first kappa shape index (κ1) is 19.0. The number of carbonyl (C=O) groups is 1. The van der Waals surface area contributed by atoms with Crippen LogP contribution in [0.5, 0.6) is 0 Å². The summed E-state index contributed by atoms with van der Waals surface area (Å²) in [6.07, 6.45) is -3.65. The zero-order valence-electron chi connectivity index (χ0n) is 15.4. The molecule has 2 fully saturated rings. The van der Waals surface area contributed by atoms with Crippen LogP contribution in [0.15, 0.2) is 60.7 Å². The van der Waals surface area contributed by atoms with Crippen LogP contribution in [0, 0.1) is 0 Å². The normalized spacial score (nSPS) is 32.4. The van der Waals surface area contributed by atoms with E-state index in [0.717, 1.165) is 5.56 Å². The van der Waals surface area contributed by atoms with Crippen LogP contribution in [0.2, 0.25) is 0 Å². The molecule has 2 aliphatic heterocycles. The van der Waals surface area contributed by atoms with Crippen LogP contribution in [-0.2, 0) is 18.9 Å². The maximum absolute atomic E-state index is 12.7. The Bertz CT molecular complexity index is 786. The molecule has 7 nitrogen and oxygen atoms in total. The standard InChI is InChI=1S/C21H23NO6/c1-25-21-17(23)16(22-19(24)13-8-4-2-5-9-13)18-15(27-21)12-26-20(28-18)14-10-6-3-7-11-14/h2-11,15-18,20-21,23H,12H2,1H3,(H,22,24)/t15-,16+,17-,18-,20-,21+/m1/s1. The Morgan fingerprint density at radius 2 is 1.75 bits per heavy atom. The summed E-state index contributed by atoms with van der Waals surface area (Å²) in [7, 11) is 1.45. The van der Waals surface area contributed by atoms with Crippen LogP contribution in [0.3, 0.4) is 0 Å². The highest BCUT2D eigenvalue weighted by Crippen LogP contribution is 2.34. The molecule has 7 heteroatoms. The fraction of sp³-hybridized carbons (Fsp3) is 0.381. The lowest BCUT2D eigenvalue weighted by molar-refractivity contribution is -0.340. The molecule has 2 aromatic carbocycles. The molecular formula is C21H23NO6. The summed E-state index contributed by atoms with van der Waals surface area (Å²) in [6, 6.07) is 17.6. The van der Waals surface area contributed by atoms with E-state index in [1.165, 1.54) is 7.11 Å². The lowest BCUT2D eigenvalue weighted by Gasteiger charge is -2.47. The third kappa shape index (κ3) is 3.80. The molecular weight excluding hydrogens is 362 g/mol. The Balaban J connectivity index is 1.56. The highest BCUT2D eigenvalue weighted by molar-refractivity contribution is 5.94. The molecule has 0 saturated carbocycles. The van der Waals surface area contributed by atoms with Crippen molar-refractivity contribution in [3.63, 3.8) is 0 Å². The molecule has 148 valence electrons. The van der Waals surface area contributed by atoms with Crippen LogP contribution in [-0.4, -0.2) is 55.4 Å². The third-order valence-corrected chi connectivity index (χ3v) is 5.01. The van der Waals surface area contributed by atoms with Crippen LogP contribution in [0.4, 0.5) is 0 Å². The van der Waals surface area contributed by atoms with Crippen molar-refractivity contribution in [2.24, 2.45) is 0 Å². The Labute approximate surface area is 163 Å². The quantitative estimate of drug-likeness (QED) is 0.832. The average molecular weight is 385 g/mol. The second-order valence-electron chi connectivity index (χ2n) is 6.81. The lowest BCUT2D eigenvalue weighted by Crippen LogP contribution is -2.67. The molecule has 0 aliphatic carbocycles. The lowest BCUT2D eigenvalue weighted by atomic mass is 9.94. The highest BCUT2D eigenvalue weighted by Gasteiger charge is 2.50. The molecule has 1 amide bonds. The molecule has 0 radical (unpaired) electrons. The summed E-state index contributed by atoms with van der Waals surface area (Å²) in [4.78, 5) is 12.7. The van der Waals surface area contributed by atoms with Crippen LogP contribution < -0.4 is 5.32 Å². The van der Waals surface area contributed by atoms with Gasteiger partial charge in [-0.2, -0.15) is 0 Å². The fourth-order valence-corrected chi connectivity index (χ4v) is 3.57. The zero-order chi connectivity index (χ0) is 19.5. The number of ether oxygens (including phenoxy) is 4. The van der Waals surface area contributed by atoms with Crippen LogP contribution in [0.1, 0.15) is 22.2 Å². The topological polar surface area (TPSA) is 86.3 Å². The number of benzene rings is 2. The van der Waals surface area contributed by atoms with Crippen molar-refractivity contribution in [1.29, 1.82) is 0 Å². The number of nitrogens with one attached hydrogen (secondary N) is 1. The molecule has 2 N–H and O–H groups in total. The molecule has 2 heterocycles. The van der Waals surface area contributed by atoms with Crippen molar-refractivity contribution in [2.75, 3.05) is 13.7 Å². The first-order valence-electron chi connectivity index (χ1n) is 9.21. The van der Waals surface area contributed by atoms with Gasteiger partial charge in [0.1, 0.15) is 18.3 Å². The van der Waals surface area contributed by atoms with Crippen molar-refractivity contribution < 1.29 is 28.8 Å². The third-order valence-electron chi connectivity index (χ3n) is 5.01. The molecule has 2 aromatic rings. The van der Waals surface area contributed by atoms with E-state index in [1.54, 1.807) is 24.3 Å². The predicted molar refractivity (Wildman–Crippen MR) is 99.4 cm³/mol. The molecule has 2 aliphatic rings. The number of aliphatic hydroxyl groups is 1. The maximum atomic E-state index is 12.7. The van der Waals surface area contributed by atoms with E-state index < -0.39 is 36.9 Å². The first-order chi connectivity index (χ1) is 13.7. The molecule has 0 aromatic heterocycles. The summed E-state index contributed by atoms with van der Waals surface area (Å²) >= 11 is 0. The Hall–Kier alpha value is -2.29. The molecule has 2 saturated heterocycles. The molecule has 4 rings (SSSR count). The van der Waals surface area contributed by atoms with Crippen molar-refractivity contribution in [3.05, 3.63) is 71.8 Å². The first-order valence-corrected chi connectivity index (χ1v) is 9.21. The van der Waals surface area contributed by atoms with E-state index in [-0.39, 0.29) is 12.5 Å². The van der Waals surface area contributed by atoms with Gasteiger partial charge in [0.2, 0.25) is 0 Å². The van der Waals surface area contributed by atoms with E-state index in [2.05, 4.69) is 5.32 Å². The smallest absolute Gasteiger partial charge is 0.251 e. The van der Waals surface area contributed by atoms with Crippen LogP contribution in [0.25, 0.3) is 0 Å². The number of amides is 1. The van der Waals surface area contributed by atoms with E-state index >= 15 is 0 Å². The number of hydrogen-bond acceptors (Lipinski definition) is 6. The van der Waals surface area contributed by atoms with Gasteiger partial charge in [-0.15, -0.1) is 0 Å². The summed E-state index contributed by atoms with van der Waals surface area (Å²) < 4.78 is 22.9. The van der Waals surface area contributed by atoms with Crippen molar-refractivity contribution >= 4 is 5.91 Å². The SMILES string of the molecule is CO[C@H]1O[C@@H]2CO[C@@H](c3ccccc3)O[C@H]2[C@@H](NC(=O)c2ccccc2)[C@H]1O. The molecule has 0 spiro atoms. The van der Waals surface area contributed by atoms with Gasteiger partial charge in [0.15, 0.2) is 12.6 Å². The predicted octanol–water partition coefficient (Wildman–Crippen LogP) is 1.63. The number of rotatable bonds is 4. The largest absolute Gasteiger partial charge is 0.386 e. The van der Waals surface area contributed by atoms with Gasteiger partial charge in [0.25, 0.3) is 5.91 Å². The number of hydrogen-bond donors (Lipinski definition) is 2. The van der Waals surface area contributed by atoms with Gasteiger partial charge in [0, 0.05) is 18.2 Å². The number of methoxy groups -OCH3 is 1. The van der Waals surface area contributed by atoms with Gasteiger partial charge >= 0.3 is 0 Å². The summed E-state index contributed by atoms with van der Waals surface area (Å²) in [5, 5.41) is 13.6. The van der Waals surface area contributed by atoms with Gasteiger partial charge < -0.3 is 29.4 Å². The monoisotopic (exact) mass is 385 g/mol. The Morgan fingerprint density at radius 3 is 2.43 bits per heavy atom. The summed E-state index contributed by atoms with van der Waals surface area (Å²) in [6.45, 7) is 0.258. The minimum Gasteiger partial charge on any atom is -0.386 e. The molecule has 0 unspecified atom stereocenters. The molecule has 6 atom stereocenters. The van der Waals surface area contributed by atoms with Gasteiger partial charge in [-0.1, -0.05) is 48.5 Å². The Kier molecular flexibility index (Phi) is 5.70. The molecule has 28 heavy (non-hydrogen) atoms. The Morgan fingerprint density at radius 1 is 1.07 bits per heavy atom. The van der Waals surface area contributed by atoms with E-state index in [1.807, 2.05) is 36.4 Å². The van der Waals surface area contributed by atoms with Crippen molar-refractivity contribution in [1.82, 2.24) is 5.32 Å². The van der Waals surface area contributed by atoms with Gasteiger partial charge in [-0.05, 0) is 12.1 Å². The van der Waals surface area contributed by atoms with Gasteiger partial charge in [-0.25, -0.2) is 0 Å². The number of carbonyl (C=O) groups excluding carboxylic acids is 1. The van der Waals surface area contributed by atoms with Crippen molar-refractivity contribution in [3.8, 4) is 0 Å². The molecule has 0 bridgehead atoms. The average Bonchev–Trinajstić information content (AvgIpc) is 2.76. The zero-order valence-corrected chi connectivity index (χ0v) is 15.4. The summed E-state index contributed by atoms with van der Waals surface area (Å²) in [5.41, 5.74) is 1.36. The summed E-state index contributed by atoms with van der Waals surface area (Å²) in [5.74, 6) is -0.300. The van der Waals surface area contributed by atoms with E-state index in [9.17, 15) is 9.90 Å². The maximum Gasteiger partial charge on any atom is 0.251 e. The van der Waals surface area contributed by atoms with Crippen molar-refractivity contribution in [2.45, 2.75) is 36.9 Å². The van der Waals surface area contributed by atoms with Crippen LogP contribution >= 0.6 is 0 Å². The second-order valence-corrected chi connectivity index (χ2v) is 6.81. The number of aliphatic hydroxyl groups excluding tert-OH is 1. The highest BCUT2D eigenvalue weighted by atomic mass is 16.7.